The van der Waals surface area contributed by atoms with E-state index in [1.54, 1.807) is 12.1 Å². The van der Waals surface area contributed by atoms with Gasteiger partial charge in [-0.2, -0.15) is 0 Å². The molecule has 9 nitrogen and oxygen atoms in total. The van der Waals surface area contributed by atoms with Crippen molar-refractivity contribution < 1.29 is 23.7 Å². The van der Waals surface area contributed by atoms with Gasteiger partial charge in [-0.25, -0.2) is 9.18 Å². The molecule has 1 atom stereocenters. The SMILES string of the molecule is CC1(c2cccc([N+](=O)[O-])c2)NC(=O)N(CC(=O)NCCc2ccc(F)cc2)C1=O. The number of benzene rings is 2. The minimum absolute atomic E-state index is 0.215. The van der Waals surface area contributed by atoms with Crippen LogP contribution >= 0.6 is 0 Å². The molecule has 1 heterocycles. The number of amides is 4. The maximum Gasteiger partial charge on any atom is 0.325 e. The van der Waals surface area contributed by atoms with Crippen LogP contribution < -0.4 is 10.6 Å². The van der Waals surface area contributed by atoms with E-state index in [4.69, 9.17) is 0 Å². The summed E-state index contributed by atoms with van der Waals surface area (Å²) in [6, 6.07) is 10.5. The molecule has 1 saturated heterocycles. The lowest BCUT2D eigenvalue weighted by atomic mass is 9.91. The predicted molar refractivity (Wildman–Crippen MR) is 104 cm³/mol. The molecular weight excluding hydrogens is 395 g/mol. The normalized spacial score (nSPS) is 18.3. The van der Waals surface area contributed by atoms with Crippen LogP contribution in [0.3, 0.4) is 0 Å². The van der Waals surface area contributed by atoms with Crippen molar-refractivity contribution in [2.75, 3.05) is 13.1 Å². The highest BCUT2D eigenvalue weighted by atomic mass is 19.1. The van der Waals surface area contributed by atoms with Crippen molar-refractivity contribution in [1.82, 2.24) is 15.5 Å². The topological polar surface area (TPSA) is 122 Å². The summed E-state index contributed by atoms with van der Waals surface area (Å²) in [7, 11) is 0. The molecule has 0 bridgehead atoms. The van der Waals surface area contributed by atoms with E-state index in [0.717, 1.165) is 10.5 Å². The fourth-order valence-corrected chi connectivity index (χ4v) is 3.16. The Bertz CT molecular complexity index is 1010. The van der Waals surface area contributed by atoms with E-state index in [1.807, 2.05) is 0 Å². The summed E-state index contributed by atoms with van der Waals surface area (Å²) in [6.07, 6.45) is 0.456. The highest BCUT2D eigenvalue weighted by molar-refractivity contribution is 6.09. The molecule has 10 heteroatoms. The van der Waals surface area contributed by atoms with Gasteiger partial charge in [0.1, 0.15) is 17.9 Å². The lowest BCUT2D eigenvalue weighted by molar-refractivity contribution is -0.385. The number of carbonyl (C=O) groups is 3. The van der Waals surface area contributed by atoms with E-state index < -0.39 is 34.9 Å². The van der Waals surface area contributed by atoms with E-state index in [9.17, 15) is 28.9 Å². The Kier molecular flexibility index (Phi) is 5.77. The molecule has 0 aromatic heterocycles. The molecule has 1 fully saturated rings. The molecule has 1 aliphatic heterocycles. The maximum atomic E-state index is 12.9. The van der Waals surface area contributed by atoms with E-state index >= 15 is 0 Å². The average molecular weight is 414 g/mol. The molecule has 2 aromatic carbocycles. The Hall–Kier alpha value is -3.82. The number of carbonyl (C=O) groups excluding carboxylic acids is 3. The molecule has 4 amide bonds. The van der Waals surface area contributed by atoms with Crippen molar-refractivity contribution in [2.24, 2.45) is 0 Å². The Morgan fingerprint density at radius 2 is 1.93 bits per heavy atom. The summed E-state index contributed by atoms with van der Waals surface area (Å²) in [5, 5.41) is 16.1. The third kappa shape index (κ3) is 4.27. The molecule has 0 spiro atoms. The molecule has 0 saturated carbocycles. The van der Waals surface area contributed by atoms with Crippen LogP contribution in [0.5, 0.6) is 0 Å². The van der Waals surface area contributed by atoms with Gasteiger partial charge in [0.25, 0.3) is 11.6 Å². The second-order valence-electron chi connectivity index (χ2n) is 6.98. The van der Waals surface area contributed by atoms with Crippen molar-refractivity contribution in [1.29, 1.82) is 0 Å². The van der Waals surface area contributed by atoms with Crippen molar-refractivity contribution in [2.45, 2.75) is 18.9 Å². The number of nitro benzene ring substituents is 1. The van der Waals surface area contributed by atoms with Gasteiger partial charge in [0, 0.05) is 18.7 Å². The molecule has 3 rings (SSSR count). The number of nitro groups is 1. The summed E-state index contributed by atoms with van der Waals surface area (Å²) in [5.74, 6) is -1.57. The summed E-state index contributed by atoms with van der Waals surface area (Å²) < 4.78 is 12.9. The Balaban J connectivity index is 1.63. The van der Waals surface area contributed by atoms with Gasteiger partial charge in [-0.3, -0.25) is 24.6 Å². The molecule has 1 unspecified atom stereocenters. The van der Waals surface area contributed by atoms with Gasteiger partial charge in [0.2, 0.25) is 5.91 Å². The second-order valence-corrected chi connectivity index (χ2v) is 6.98. The highest BCUT2D eigenvalue weighted by Gasteiger charge is 2.49. The number of non-ortho nitro benzene ring substituents is 1. The first-order chi connectivity index (χ1) is 14.2. The van der Waals surface area contributed by atoms with Crippen LogP contribution in [0.15, 0.2) is 48.5 Å². The molecule has 0 radical (unpaired) electrons. The molecule has 2 aromatic rings. The molecule has 30 heavy (non-hydrogen) atoms. The van der Waals surface area contributed by atoms with Crippen LogP contribution in [0.25, 0.3) is 0 Å². The largest absolute Gasteiger partial charge is 0.354 e. The number of urea groups is 1. The highest BCUT2D eigenvalue weighted by Crippen LogP contribution is 2.30. The summed E-state index contributed by atoms with van der Waals surface area (Å²) in [5.41, 5.74) is -0.663. The fourth-order valence-electron chi connectivity index (χ4n) is 3.16. The van der Waals surface area contributed by atoms with Gasteiger partial charge < -0.3 is 10.6 Å². The first-order valence-corrected chi connectivity index (χ1v) is 9.11. The molecule has 156 valence electrons. The summed E-state index contributed by atoms with van der Waals surface area (Å²) >= 11 is 0. The second kappa shape index (κ2) is 8.27. The predicted octanol–water partition coefficient (Wildman–Crippen LogP) is 1.86. The zero-order valence-electron chi connectivity index (χ0n) is 16.1. The van der Waals surface area contributed by atoms with Crippen LogP contribution in [0.2, 0.25) is 0 Å². The van der Waals surface area contributed by atoms with Crippen LogP contribution in [-0.4, -0.2) is 40.8 Å². The van der Waals surface area contributed by atoms with Crippen LogP contribution in [0, 0.1) is 15.9 Å². The van der Waals surface area contributed by atoms with Gasteiger partial charge in [-0.05, 0) is 36.6 Å². The Morgan fingerprint density at radius 1 is 1.23 bits per heavy atom. The van der Waals surface area contributed by atoms with Gasteiger partial charge >= 0.3 is 6.03 Å². The van der Waals surface area contributed by atoms with Crippen molar-refractivity contribution >= 4 is 23.5 Å². The lowest BCUT2D eigenvalue weighted by Crippen LogP contribution is -2.43. The third-order valence-corrected chi connectivity index (χ3v) is 4.86. The Labute approximate surface area is 171 Å². The van der Waals surface area contributed by atoms with E-state index in [-0.39, 0.29) is 23.6 Å². The summed E-state index contributed by atoms with van der Waals surface area (Å²) in [6.45, 7) is 1.19. The summed E-state index contributed by atoms with van der Waals surface area (Å²) in [4.78, 5) is 48.5. The quantitative estimate of drug-likeness (QED) is 0.407. The number of rotatable bonds is 7. The third-order valence-electron chi connectivity index (χ3n) is 4.86. The lowest BCUT2D eigenvalue weighted by Gasteiger charge is -2.22. The monoisotopic (exact) mass is 414 g/mol. The van der Waals surface area contributed by atoms with Crippen molar-refractivity contribution in [3.63, 3.8) is 0 Å². The zero-order chi connectivity index (χ0) is 21.9. The number of imide groups is 1. The van der Waals surface area contributed by atoms with Crippen molar-refractivity contribution in [3.05, 3.63) is 75.6 Å². The average Bonchev–Trinajstić information content (AvgIpc) is 2.93. The first-order valence-electron chi connectivity index (χ1n) is 9.11. The van der Waals surface area contributed by atoms with E-state index in [0.29, 0.717) is 6.42 Å². The molecule has 1 aliphatic rings. The van der Waals surface area contributed by atoms with E-state index in [1.165, 1.54) is 43.3 Å². The van der Waals surface area contributed by atoms with Gasteiger partial charge in [-0.1, -0.05) is 24.3 Å². The smallest absolute Gasteiger partial charge is 0.325 e. The van der Waals surface area contributed by atoms with Crippen LogP contribution in [-0.2, 0) is 21.5 Å². The molecule has 0 aliphatic carbocycles. The maximum absolute atomic E-state index is 12.9. The van der Waals surface area contributed by atoms with Gasteiger partial charge in [0.05, 0.1) is 4.92 Å². The van der Waals surface area contributed by atoms with Crippen molar-refractivity contribution in [3.8, 4) is 0 Å². The number of nitrogens with zero attached hydrogens (tertiary/aromatic N) is 2. The zero-order valence-corrected chi connectivity index (χ0v) is 16.1. The van der Waals surface area contributed by atoms with Gasteiger partial charge in [0.15, 0.2) is 0 Å². The number of halogens is 1. The Morgan fingerprint density at radius 3 is 2.60 bits per heavy atom. The van der Waals surface area contributed by atoms with Crippen LogP contribution in [0.4, 0.5) is 14.9 Å². The fraction of sp³-hybridized carbons (Fsp3) is 0.250. The van der Waals surface area contributed by atoms with Gasteiger partial charge in [-0.15, -0.1) is 0 Å². The first kappa shape index (κ1) is 20.9. The number of nitrogens with one attached hydrogen (secondary N) is 2. The minimum Gasteiger partial charge on any atom is -0.354 e. The molecule has 2 N–H and O–H groups in total. The number of hydrogen-bond acceptors (Lipinski definition) is 5. The van der Waals surface area contributed by atoms with Crippen LogP contribution in [0.1, 0.15) is 18.1 Å². The standard InChI is InChI=1S/C20H19FN4O5/c1-20(14-3-2-4-16(11-14)25(29)30)18(27)24(19(28)23-20)12-17(26)22-10-9-13-5-7-15(21)8-6-13/h2-8,11H,9-10,12H2,1H3,(H,22,26)(H,23,28). The van der Waals surface area contributed by atoms with E-state index in [2.05, 4.69) is 10.6 Å². The minimum atomic E-state index is -1.52. The molecular formula is C20H19FN4O5. The number of hydrogen-bond donors (Lipinski definition) is 2.